The zero-order valence-corrected chi connectivity index (χ0v) is 32.6. The van der Waals surface area contributed by atoms with Gasteiger partial charge in [-0.2, -0.15) is 0 Å². The first-order valence-corrected chi connectivity index (χ1v) is 20.0. The molecule has 5 rings (SSSR count). The Kier molecular flexibility index (Phi) is 12.1. The largest absolute Gasteiger partial charge is 0.444 e. The van der Waals surface area contributed by atoms with Crippen molar-refractivity contribution in [2.75, 3.05) is 6.54 Å². The molecule has 2 saturated carbocycles. The van der Waals surface area contributed by atoms with Gasteiger partial charge < -0.3 is 25.0 Å². The monoisotopic (exact) mass is 787 g/mol. The molecule has 2 aliphatic heterocycles. The molecule has 0 spiro atoms. The summed E-state index contributed by atoms with van der Waals surface area (Å²) in [7, 11) is -3.97. The van der Waals surface area contributed by atoms with Crippen LogP contribution in [0.3, 0.4) is 0 Å². The van der Waals surface area contributed by atoms with Gasteiger partial charge in [0.2, 0.25) is 21.8 Å². The van der Waals surface area contributed by atoms with Crippen molar-refractivity contribution in [1.29, 1.82) is 0 Å². The minimum Gasteiger partial charge on any atom is -0.444 e. The fourth-order valence-electron chi connectivity index (χ4n) is 6.70. The summed E-state index contributed by atoms with van der Waals surface area (Å²) >= 11 is 0. The number of nitrogens with one attached hydrogen (secondary N) is 3. The van der Waals surface area contributed by atoms with E-state index in [2.05, 4.69) is 21.9 Å². The first kappa shape index (κ1) is 41.4. The van der Waals surface area contributed by atoms with Crippen molar-refractivity contribution >= 4 is 45.7 Å². The van der Waals surface area contributed by atoms with E-state index in [9.17, 15) is 41.6 Å². The standard InChI is InChI=1S/C38H50FN5O10S/c1-7-24-18-38(24,34(48)42-55(51,52)27-14-15-27)41-32(46)31-17-26(53-36(50)43-19-23-9-8-10-29(39)28(23)21-43)20-44(31)33(47)30(40-35(49)54-37(4,5)6)16-13-25(45)12-11-22(2)3/h7-12,22,24,26-27,30-31H,1,13-21H2,2-6H3,(H,40,49)(H,41,46)(H,42,48)/b12-11+/t24?,26-,30+,31+,38-/m1/s1. The number of benzene rings is 1. The van der Waals surface area contributed by atoms with Crippen LogP contribution < -0.4 is 15.4 Å². The van der Waals surface area contributed by atoms with E-state index < -0.39 is 86.2 Å². The van der Waals surface area contributed by atoms with Gasteiger partial charge >= 0.3 is 12.2 Å². The Morgan fingerprint density at radius 2 is 1.82 bits per heavy atom. The molecule has 15 nitrogen and oxygen atoms in total. The lowest BCUT2D eigenvalue weighted by Gasteiger charge is -2.30. The SMILES string of the molecule is C=CC1C[C@]1(NC(=O)[C@@H]1C[C@@H](OC(=O)N2Cc3cccc(F)c3C2)CN1C(=O)[C@H](CCC(=O)/C=C/C(C)C)NC(=O)OC(C)(C)C)C(=O)NS(=O)(=O)C1CC1. The second kappa shape index (κ2) is 16.1. The van der Waals surface area contributed by atoms with E-state index in [4.69, 9.17) is 9.47 Å². The molecule has 4 aliphatic rings. The molecule has 3 fully saturated rings. The lowest BCUT2D eigenvalue weighted by Crippen LogP contribution is -2.58. The molecule has 1 aromatic carbocycles. The minimum atomic E-state index is -3.97. The van der Waals surface area contributed by atoms with E-state index in [1.54, 1.807) is 32.9 Å². The number of fused-ring (bicyclic) bond motifs is 1. The van der Waals surface area contributed by atoms with Gasteiger partial charge in [0.25, 0.3) is 5.91 Å². The van der Waals surface area contributed by atoms with Crippen LogP contribution in [0.25, 0.3) is 0 Å². The summed E-state index contributed by atoms with van der Waals surface area (Å²) in [5, 5.41) is 4.49. The van der Waals surface area contributed by atoms with Crippen LogP contribution in [0.15, 0.2) is 43.0 Å². The Bertz CT molecular complexity index is 1870. The zero-order valence-electron chi connectivity index (χ0n) is 31.8. The molecule has 1 aromatic rings. The van der Waals surface area contributed by atoms with Crippen LogP contribution in [0.1, 0.15) is 84.3 Å². The molecule has 17 heteroatoms. The lowest BCUT2D eigenvalue weighted by atomic mass is 10.0. The van der Waals surface area contributed by atoms with Crippen molar-refractivity contribution in [3.8, 4) is 0 Å². The van der Waals surface area contributed by atoms with Crippen molar-refractivity contribution in [3.05, 3.63) is 60.0 Å². The predicted molar refractivity (Wildman–Crippen MR) is 197 cm³/mol. The molecule has 1 saturated heterocycles. The molecule has 55 heavy (non-hydrogen) atoms. The third kappa shape index (κ3) is 10.1. The van der Waals surface area contributed by atoms with Crippen LogP contribution in [0.4, 0.5) is 14.0 Å². The van der Waals surface area contributed by atoms with E-state index in [0.29, 0.717) is 24.0 Å². The second-order valence-corrected chi connectivity index (χ2v) is 17.9. The van der Waals surface area contributed by atoms with Gasteiger partial charge in [0.15, 0.2) is 5.78 Å². The maximum atomic E-state index is 14.4. The molecule has 1 unspecified atom stereocenters. The molecule has 5 atom stereocenters. The Morgan fingerprint density at radius 3 is 2.42 bits per heavy atom. The zero-order chi connectivity index (χ0) is 40.5. The van der Waals surface area contributed by atoms with Crippen LogP contribution in [-0.4, -0.2) is 95.0 Å². The molecule has 2 heterocycles. The van der Waals surface area contributed by atoms with Gasteiger partial charge in [0.1, 0.15) is 35.1 Å². The molecule has 5 amide bonds. The molecule has 0 aromatic heterocycles. The molecule has 2 aliphatic carbocycles. The summed E-state index contributed by atoms with van der Waals surface area (Å²) < 4.78 is 53.0. The van der Waals surface area contributed by atoms with Crippen molar-refractivity contribution in [2.24, 2.45) is 11.8 Å². The molecule has 0 radical (unpaired) electrons. The maximum absolute atomic E-state index is 14.4. The van der Waals surface area contributed by atoms with Gasteiger partial charge in [0, 0.05) is 30.9 Å². The quantitative estimate of drug-likeness (QED) is 0.186. The fourth-order valence-corrected chi connectivity index (χ4v) is 8.06. The number of carbonyl (C=O) groups is 6. The summed E-state index contributed by atoms with van der Waals surface area (Å²) in [6, 6.07) is 1.79. The average Bonchev–Trinajstić information content (AvgIpc) is 3.98. The Balaban J connectivity index is 1.39. The van der Waals surface area contributed by atoms with Gasteiger partial charge in [-0.25, -0.2) is 22.4 Å². The number of carbonyl (C=O) groups excluding carboxylic acids is 6. The Morgan fingerprint density at radius 1 is 1.11 bits per heavy atom. The highest BCUT2D eigenvalue weighted by Crippen LogP contribution is 2.45. The van der Waals surface area contributed by atoms with Crippen molar-refractivity contribution in [3.63, 3.8) is 0 Å². The second-order valence-electron chi connectivity index (χ2n) is 16.0. The number of halogens is 1. The topological polar surface area (TPSA) is 198 Å². The van der Waals surface area contributed by atoms with Crippen LogP contribution in [0, 0.1) is 17.7 Å². The molecular weight excluding hydrogens is 738 g/mol. The van der Waals surface area contributed by atoms with Crippen LogP contribution in [0.5, 0.6) is 0 Å². The number of ether oxygens (including phenoxy) is 2. The number of likely N-dealkylation sites (tertiary alicyclic amines) is 1. The summed E-state index contributed by atoms with van der Waals surface area (Å²) in [5.41, 5.74) is -1.64. The van der Waals surface area contributed by atoms with Gasteiger partial charge in [-0.3, -0.25) is 28.8 Å². The Labute approximate surface area is 320 Å². The van der Waals surface area contributed by atoms with Gasteiger partial charge in [-0.05, 0) is 70.1 Å². The third-order valence-electron chi connectivity index (χ3n) is 9.88. The van der Waals surface area contributed by atoms with Crippen LogP contribution in [-0.2, 0) is 51.8 Å². The fraction of sp³-hybridized carbons (Fsp3) is 0.579. The highest BCUT2D eigenvalue weighted by molar-refractivity contribution is 7.91. The first-order valence-electron chi connectivity index (χ1n) is 18.5. The number of alkyl carbamates (subject to hydrolysis) is 1. The number of allylic oxidation sites excluding steroid dienone is 2. The molecule has 3 N–H and O–H groups in total. The number of amides is 5. The highest BCUT2D eigenvalue weighted by Gasteiger charge is 2.62. The summed E-state index contributed by atoms with van der Waals surface area (Å²) in [6.07, 6.45) is 2.01. The van der Waals surface area contributed by atoms with Crippen LogP contribution in [0.2, 0.25) is 0 Å². The third-order valence-corrected chi connectivity index (χ3v) is 11.7. The number of rotatable bonds is 14. The maximum Gasteiger partial charge on any atom is 0.410 e. The van der Waals surface area contributed by atoms with Gasteiger partial charge in [-0.1, -0.05) is 38.1 Å². The van der Waals surface area contributed by atoms with Crippen LogP contribution >= 0.6 is 0 Å². The number of hydrogen-bond acceptors (Lipinski definition) is 10. The Hall–Kier alpha value is -4.80. The van der Waals surface area contributed by atoms with Gasteiger partial charge in [-0.15, -0.1) is 6.58 Å². The van der Waals surface area contributed by atoms with E-state index in [-0.39, 0.29) is 57.0 Å². The predicted octanol–water partition coefficient (Wildman–Crippen LogP) is 3.37. The number of sulfonamides is 1. The van der Waals surface area contributed by atoms with Crippen molar-refractivity contribution in [2.45, 2.75) is 121 Å². The normalized spacial score (nSPS) is 23.9. The summed E-state index contributed by atoms with van der Waals surface area (Å²) in [5.74, 6) is -3.86. The summed E-state index contributed by atoms with van der Waals surface area (Å²) in [4.78, 5) is 83.5. The molecule has 300 valence electrons. The van der Waals surface area contributed by atoms with E-state index in [1.807, 2.05) is 13.8 Å². The smallest absolute Gasteiger partial charge is 0.410 e. The molecule has 0 bridgehead atoms. The first-order chi connectivity index (χ1) is 25.7. The average molecular weight is 788 g/mol. The van der Waals surface area contributed by atoms with Crippen molar-refractivity contribution < 1.29 is 51.0 Å². The number of nitrogens with zero attached hydrogens (tertiary/aromatic N) is 2. The van der Waals surface area contributed by atoms with E-state index >= 15 is 0 Å². The van der Waals surface area contributed by atoms with Crippen molar-refractivity contribution in [1.82, 2.24) is 25.2 Å². The lowest BCUT2D eigenvalue weighted by molar-refractivity contribution is -0.141. The number of ketones is 1. The summed E-state index contributed by atoms with van der Waals surface area (Å²) in [6.45, 7) is 12.1. The van der Waals surface area contributed by atoms with E-state index in [0.717, 1.165) is 4.90 Å². The molecular formula is C38H50FN5O10S. The minimum absolute atomic E-state index is 0.0499. The van der Waals surface area contributed by atoms with Gasteiger partial charge in [0.05, 0.1) is 18.3 Å². The number of hydrogen-bond donors (Lipinski definition) is 3. The van der Waals surface area contributed by atoms with E-state index in [1.165, 1.54) is 29.2 Å². The highest BCUT2D eigenvalue weighted by atomic mass is 32.2.